The van der Waals surface area contributed by atoms with Gasteiger partial charge in [-0.15, -0.1) is 0 Å². The molecule has 1 aromatic carbocycles. The smallest absolute Gasteiger partial charge is 0.198 e. The molecule has 0 spiro atoms. The maximum absolute atomic E-state index is 12.9. The molecule has 2 rings (SSSR count). The van der Waals surface area contributed by atoms with Gasteiger partial charge >= 0.3 is 0 Å². The van der Waals surface area contributed by atoms with Gasteiger partial charge in [-0.3, -0.25) is 0 Å². The topological polar surface area (TPSA) is 64.4 Å². The molecule has 0 bridgehead atoms. The Balaban J connectivity index is 2.23. The van der Waals surface area contributed by atoms with Gasteiger partial charge in [-0.1, -0.05) is 31.2 Å². The molecular formula is C16H23N3O2S. The van der Waals surface area contributed by atoms with Crippen LogP contribution in [-0.2, 0) is 23.2 Å². The molecular weight excluding hydrogens is 298 g/mol. The average molecular weight is 321 g/mol. The lowest BCUT2D eigenvalue weighted by Crippen LogP contribution is -2.45. The second-order valence-corrected chi connectivity index (χ2v) is 7.62. The third-order valence-electron chi connectivity index (χ3n) is 4.02. The van der Waals surface area contributed by atoms with Crippen LogP contribution in [0.2, 0.25) is 0 Å². The van der Waals surface area contributed by atoms with Crippen LogP contribution in [-0.4, -0.2) is 36.7 Å². The number of hydrogen-bond acceptors (Lipinski definition) is 3. The lowest BCUT2D eigenvalue weighted by atomic mass is 10.0. The van der Waals surface area contributed by atoms with Gasteiger partial charge in [0.2, 0.25) is 0 Å². The number of nitrogens with zero attached hydrogens (tertiary/aromatic N) is 3. The fourth-order valence-corrected chi connectivity index (χ4v) is 4.49. The van der Waals surface area contributed by atoms with Crippen molar-refractivity contribution >= 4 is 10.2 Å². The lowest BCUT2D eigenvalue weighted by molar-refractivity contribution is 0.328. The fraction of sp³-hybridized carbons (Fsp3) is 0.562. The van der Waals surface area contributed by atoms with Crippen molar-refractivity contribution in [2.45, 2.75) is 33.2 Å². The van der Waals surface area contributed by atoms with Crippen molar-refractivity contribution in [1.82, 2.24) is 8.61 Å². The largest absolute Gasteiger partial charge is 0.282 e. The van der Waals surface area contributed by atoms with Crippen molar-refractivity contribution in [3.05, 3.63) is 35.4 Å². The first-order valence-electron chi connectivity index (χ1n) is 7.70. The highest BCUT2D eigenvalue weighted by Gasteiger charge is 2.31. The highest BCUT2D eigenvalue weighted by Crippen LogP contribution is 2.22. The SMILES string of the molecule is CCN(C[C@@H](C)C#N)S(=O)(=O)N1CCCc2ccccc2C1. The van der Waals surface area contributed by atoms with Gasteiger partial charge in [0.1, 0.15) is 0 Å². The van der Waals surface area contributed by atoms with Crippen molar-refractivity contribution < 1.29 is 8.42 Å². The molecule has 120 valence electrons. The van der Waals surface area contributed by atoms with Gasteiger partial charge in [0.25, 0.3) is 10.2 Å². The molecule has 5 nitrogen and oxygen atoms in total. The lowest BCUT2D eigenvalue weighted by Gasteiger charge is -2.29. The minimum Gasteiger partial charge on any atom is -0.198 e. The van der Waals surface area contributed by atoms with Gasteiger partial charge in [-0.2, -0.15) is 22.3 Å². The van der Waals surface area contributed by atoms with E-state index in [2.05, 4.69) is 12.1 Å². The first-order valence-corrected chi connectivity index (χ1v) is 9.10. The second-order valence-electron chi connectivity index (χ2n) is 5.69. The standard InChI is InChI=1S/C16H23N3O2S/c1-3-18(12-14(2)11-17)22(20,21)19-10-6-9-15-7-4-5-8-16(15)13-19/h4-5,7-8,14H,3,6,9-10,12-13H2,1-2H3/t14-/m0/s1. The zero-order chi connectivity index (χ0) is 16.2. The molecule has 0 aromatic heterocycles. The maximum atomic E-state index is 12.9. The molecule has 1 aromatic rings. The molecule has 0 amide bonds. The normalized spacial score (nSPS) is 17.5. The van der Waals surface area contributed by atoms with E-state index >= 15 is 0 Å². The van der Waals surface area contributed by atoms with E-state index in [1.54, 1.807) is 11.2 Å². The third kappa shape index (κ3) is 3.67. The fourth-order valence-electron chi connectivity index (χ4n) is 2.76. The van der Waals surface area contributed by atoms with E-state index in [-0.39, 0.29) is 12.5 Å². The van der Waals surface area contributed by atoms with Crippen LogP contribution in [0, 0.1) is 17.2 Å². The van der Waals surface area contributed by atoms with Crippen molar-refractivity contribution in [1.29, 1.82) is 5.26 Å². The van der Waals surface area contributed by atoms with Crippen LogP contribution in [0.3, 0.4) is 0 Å². The summed E-state index contributed by atoms with van der Waals surface area (Å²) in [6.07, 6.45) is 1.73. The highest BCUT2D eigenvalue weighted by molar-refractivity contribution is 7.86. The van der Waals surface area contributed by atoms with Gasteiger partial charge in [0.05, 0.1) is 12.0 Å². The van der Waals surface area contributed by atoms with E-state index in [9.17, 15) is 8.42 Å². The molecule has 0 saturated carbocycles. The Morgan fingerprint density at radius 3 is 2.68 bits per heavy atom. The Labute approximate surface area is 133 Å². The molecule has 1 aliphatic heterocycles. The molecule has 0 aliphatic carbocycles. The minimum atomic E-state index is -3.53. The number of aryl methyl sites for hydroxylation is 1. The van der Waals surface area contributed by atoms with E-state index in [4.69, 9.17) is 5.26 Å². The predicted molar refractivity (Wildman–Crippen MR) is 86.1 cm³/mol. The highest BCUT2D eigenvalue weighted by atomic mass is 32.2. The van der Waals surface area contributed by atoms with Crippen LogP contribution in [0.1, 0.15) is 31.4 Å². The van der Waals surface area contributed by atoms with E-state index in [0.29, 0.717) is 19.6 Å². The minimum absolute atomic E-state index is 0.244. The molecule has 0 radical (unpaired) electrons. The molecule has 0 saturated heterocycles. The van der Waals surface area contributed by atoms with Crippen LogP contribution < -0.4 is 0 Å². The van der Waals surface area contributed by atoms with Gasteiger partial charge in [0, 0.05) is 26.2 Å². The number of fused-ring (bicyclic) bond motifs is 1. The maximum Gasteiger partial charge on any atom is 0.282 e. The predicted octanol–water partition coefficient (Wildman–Crippen LogP) is 2.16. The van der Waals surface area contributed by atoms with Crippen LogP contribution in [0.5, 0.6) is 0 Å². The Hall–Kier alpha value is -1.42. The third-order valence-corrected chi connectivity index (χ3v) is 6.05. The molecule has 0 unspecified atom stereocenters. The summed E-state index contributed by atoms with van der Waals surface area (Å²) in [5.41, 5.74) is 2.31. The summed E-state index contributed by atoms with van der Waals surface area (Å²) in [6, 6.07) is 10.1. The van der Waals surface area contributed by atoms with Crippen LogP contribution in [0.25, 0.3) is 0 Å². The van der Waals surface area contributed by atoms with Gasteiger partial charge in [-0.25, -0.2) is 0 Å². The summed E-state index contributed by atoms with van der Waals surface area (Å²) in [5.74, 6) is -0.311. The Morgan fingerprint density at radius 2 is 2.05 bits per heavy atom. The summed E-state index contributed by atoms with van der Waals surface area (Å²) in [5, 5.41) is 8.95. The zero-order valence-corrected chi connectivity index (χ0v) is 14.0. The van der Waals surface area contributed by atoms with Crippen LogP contribution in [0.15, 0.2) is 24.3 Å². The molecule has 1 heterocycles. The molecule has 1 atom stereocenters. The number of hydrogen-bond donors (Lipinski definition) is 0. The first-order chi connectivity index (χ1) is 10.5. The summed E-state index contributed by atoms with van der Waals surface area (Å²) >= 11 is 0. The Morgan fingerprint density at radius 1 is 1.36 bits per heavy atom. The van der Waals surface area contributed by atoms with Crippen LogP contribution >= 0.6 is 0 Å². The summed E-state index contributed by atoms with van der Waals surface area (Å²) in [6.45, 7) is 5.12. The van der Waals surface area contributed by atoms with Crippen molar-refractivity contribution in [2.24, 2.45) is 5.92 Å². The van der Waals surface area contributed by atoms with E-state index < -0.39 is 10.2 Å². The molecule has 0 N–H and O–H groups in total. The molecule has 6 heteroatoms. The van der Waals surface area contributed by atoms with Crippen LogP contribution in [0.4, 0.5) is 0 Å². The summed E-state index contributed by atoms with van der Waals surface area (Å²) in [4.78, 5) is 0. The Bertz CT molecular complexity index is 652. The van der Waals surface area contributed by atoms with Gasteiger partial charge < -0.3 is 0 Å². The summed E-state index contributed by atoms with van der Waals surface area (Å²) < 4.78 is 28.7. The van der Waals surface area contributed by atoms with E-state index in [1.165, 1.54) is 9.87 Å². The van der Waals surface area contributed by atoms with E-state index in [0.717, 1.165) is 18.4 Å². The Kier molecular flexibility index (Phi) is 5.57. The van der Waals surface area contributed by atoms with Crippen molar-refractivity contribution in [3.8, 4) is 6.07 Å². The van der Waals surface area contributed by atoms with E-state index in [1.807, 2.05) is 25.1 Å². The molecule has 22 heavy (non-hydrogen) atoms. The molecule has 0 fully saturated rings. The zero-order valence-electron chi connectivity index (χ0n) is 13.2. The number of nitriles is 1. The average Bonchev–Trinajstić information content (AvgIpc) is 2.74. The van der Waals surface area contributed by atoms with Gasteiger partial charge in [0.15, 0.2) is 0 Å². The molecule has 1 aliphatic rings. The van der Waals surface area contributed by atoms with Gasteiger partial charge in [-0.05, 0) is 30.9 Å². The first kappa shape index (κ1) is 16.9. The number of benzene rings is 1. The summed E-state index contributed by atoms with van der Waals surface area (Å²) in [7, 11) is -3.53. The number of rotatable bonds is 5. The van der Waals surface area contributed by atoms with Crippen molar-refractivity contribution in [2.75, 3.05) is 19.6 Å². The monoisotopic (exact) mass is 321 g/mol. The van der Waals surface area contributed by atoms with Crippen molar-refractivity contribution in [3.63, 3.8) is 0 Å². The quantitative estimate of drug-likeness (QED) is 0.835. The second kappa shape index (κ2) is 7.23.